The number of carboxylic acids is 1. The zero-order valence-corrected chi connectivity index (χ0v) is 10.2. The van der Waals surface area contributed by atoms with Crippen molar-refractivity contribution >= 4 is 28.2 Å². The summed E-state index contributed by atoms with van der Waals surface area (Å²) < 4.78 is 5.40. The van der Waals surface area contributed by atoms with Crippen LogP contribution in [0, 0.1) is 0 Å². The molecule has 17 heavy (non-hydrogen) atoms. The summed E-state index contributed by atoms with van der Waals surface area (Å²) in [5, 5.41) is 13.5. The number of thiophene rings is 1. The topological polar surface area (TPSA) is 75.6 Å². The van der Waals surface area contributed by atoms with Gasteiger partial charge in [0.15, 0.2) is 0 Å². The number of carboxylic acid groups (broad SMARTS) is 1. The van der Waals surface area contributed by atoms with E-state index in [2.05, 4.69) is 5.32 Å². The van der Waals surface area contributed by atoms with Crippen LogP contribution in [-0.2, 0) is 9.53 Å². The molecule has 0 aliphatic carbocycles. The van der Waals surface area contributed by atoms with Gasteiger partial charge < -0.3 is 15.2 Å². The maximum absolute atomic E-state index is 12.0. The molecule has 0 radical (unpaired) electrons. The predicted molar refractivity (Wildman–Crippen MR) is 63.5 cm³/mol. The van der Waals surface area contributed by atoms with Crippen molar-refractivity contribution in [2.75, 3.05) is 11.9 Å². The Morgan fingerprint density at radius 2 is 2.35 bits per heavy atom. The Morgan fingerprint density at radius 1 is 1.59 bits per heavy atom. The zero-order chi connectivity index (χ0) is 12.5. The van der Waals surface area contributed by atoms with Crippen LogP contribution in [0.3, 0.4) is 0 Å². The lowest BCUT2D eigenvalue weighted by molar-refractivity contribution is -0.133. The number of hydrogen-bond acceptors (Lipinski definition) is 4. The van der Waals surface area contributed by atoms with Crippen LogP contribution in [-0.4, -0.2) is 29.2 Å². The molecule has 92 valence electrons. The summed E-state index contributed by atoms with van der Waals surface area (Å²) >= 11 is 1.20. The molecule has 1 aromatic rings. The lowest BCUT2D eigenvalue weighted by atomic mass is 10.0. The summed E-state index contributed by atoms with van der Waals surface area (Å²) in [6, 6.07) is 1.47. The average Bonchev–Trinajstić information content (AvgIpc) is 2.87. The molecule has 1 aliphatic heterocycles. The van der Waals surface area contributed by atoms with Crippen LogP contribution in [0.4, 0.5) is 5.00 Å². The van der Waals surface area contributed by atoms with E-state index >= 15 is 0 Å². The van der Waals surface area contributed by atoms with Crippen molar-refractivity contribution in [3.63, 3.8) is 0 Å². The number of amides is 1. The minimum absolute atomic E-state index is 0.116. The number of ether oxygens (including phenoxy) is 1. The summed E-state index contributed by atoms with van der Waals surface area (Å²) in [5.74, 6) is -1.32. The maximum atomic E-state index is 12.0. The Kier molecular flexibility index (Phi) is 3.17. The number of nitrogens with one attached hydrogen (secondary N) is 1. The van der Waals surface area contributed by atoms with Crippen LogP contribution in [0.1, 0.15) is 30.1 Å². The normalized spacial score (nSPS) is 23.6. The van der Waals surface area contributed by atoms with E-state index in [0.717, 1.165) is 6.42 Å². The molecule has 6 heteroatoms. The molecule has 1 aromatic heterocycles. The van der Waals surface area contributed by atoms with E-state index < -0.39 is 11.6 Å². The number of carbonyl (C=O) groups excluding carboxylic acids is 1. The van der Waals surface area contributed by atoms with Crippen molar-refractivity contribution in [2.24, 2.45) is 0 Å². The molecule has 1 amide bonds. The molecule has 0 saturated carbocycles. The van der Waals surface area contributed by atoms with Crippen LogP contribution < -0.4 is 5.32 Å². The molecule has 2 rings (SSSR count). The lowest BCUT2D eigenvalue weighted by Crippen LogP contribution is -2.39. The molecule has 1 fully saturated rings. The quantitative estimate of drug-likeness (QED) is 0.865. The van der Waals surface area contributed by atoms with Gasteiger partial charge in [-0.2, -0.15) is 0 Å². The molecule has 1 atom stereocenters. The van der Waals surface area contributed by atoms with Crippen molar-refractivity contribution in [1.29, 1.82) is 0 Å². The first-order chi connectivity index (χ1) is 8.03. The van der Waals surface area contributed by atoms with Gasteiger partial charge in [0.05, 0.1) is 5.56 Å². The van der Waals surface area contributed by atoms with Crippen molar-refractivity contribution < 1.29 is 19.4 Å². The van der Waals surface area contributed by atoms with Gasteiger partial charge in [-0.05, 0) is 31.2 Å². The van der Waals surface area contributed by atoms with Gasteiger partial charge in [0.2, 0.25) is 0 Å². The third-order valence-electron chi connectivity index (χ3n) is 2.82. The second-order valence-electron chi connectivity index (χ2n) is 4.11. The number of aromatic carboxylic acids is 1. The van der Waals surface area contributed by atoms with Crippen LogP contribution in [0.15, 0.2) is 11.4 Å². The first-order valence-corrected chi connectivity index (χ1v) is 6.17. The van der Waals surface area contributed by atoms with E-state index in [1.54, 1.807) is 12.3 Å². The third-order valence-corrected chi connectivity index (χ3v) is 3.65. The van der Waals surface area contributed by atoms with Crippen molar-refractivity contribution in [3.8, 4) is 0 Å². The molecule has 2 N–H and O–H groups in total. The van der Waals surface area contributed by atoms with Crippen LogP contribution in [0.5, 0.6) is 0 Å². The van der Waals surface area contributed by atoms with Crippen molar-refractivity contribution in [2.45, 2.75) is 25.4 Å². The Bertz CT molecular complexity index is 448. The molecule has 5 nitrogen and oxygen atoms in total. The molecular formula is C11H13NO4S. The Morgan fingerprint density at radius 3 is 2.94 bits per heavy atom. The fourth-order valence-electron chi connectivity index (χ4n) is 1.77. The summed E-state index contributed by atoms with van der Waals surface area (Å²) in [5.41, 5.74) is -0.718. The fourth-order valence-corrected chi connectivity index (χ4v) is 2.54. The van der Waals surface area contributed by atoms with Gasteiger partial charge in [-0.15, -0.1) is 11.3 Å². The summed E-state index contributed by atoms with van der Waals surface area (Å²) in [6.07, 6.45) is 1.51. The van der Waals surface area contributed by atoms with E-state index in [4.69, 9.17) is 9.84 Å². The first-order valence-electron chi connectivity index (χ1n) is 5.29. The second kappa shape index (κ2) is 4.46. The highest BCUT2D eigenvalue weighted by molar-refractivity contribution is 7.14. The lowest BCUT2D eigenvalue weighted by Gasteiger charge is -2.21. The number of anilines is 1. The molecule has 2 heterocycles. The summed E-state index contributed by atoms with van der Waals surface area (Å²) in [6.45, 7) is 2.30. The molecule has 1 unspecified atom stereocenters. The van der Waals surface area contributed by atoms with Gasteiger partial charge in [-0.3, -0.25) is 4.79 Å². The number of carbonyl (C=O) groups is 2. The zero-order valence-electron chi connectivity index (χ0n) is 9.36. The smallest absolute Gasteiger partial charge is 0.338 e. The highest BCUT2D eigenvalue weighted by Gasteiger charge is 2.38. The minimum atomic E-state index is -1.04. The number of hydrogen-bond donors (Lipinski definition) is 2. The molecule has 0 aromatic carbocycles. The fraction of sp³-hybridized carbons (Fsp3) is 0.455. The Balaban J connectivity index is 2.13. The van der Waals surface area contributed by atoms with Gasteiger partial charge in [-0.1, -0.05) is 0 Å². The second-order valence-corrected chi connectivity index (χ2v) is 5.02. The van der Waals surface area contributed by atoms with E-state index in [0.29, 0.717) is 18.0 Å². The van der Waals surface area contributed by atoms with Gasteiger partial charge in [0, 0.05) is 6.61 Å². The summed E-state index contributed by atoms with van der Waals surface area (Å²) in [4.78, 5) is 22.9. The van der Waals surface area contributed by atoms with Gasteiger partial charge >= 0.3 is 5.97 Å². The van der Waals surface area contributed by atoms with Crippen LogP contribution >= 0.6 is 11.3 Å². The van der Waals surface area contributed by atoms with Gasteiger partial charge in [0.25, 0.3) is 5.91 Å². The number of rotatable bonds is 3. The van der Waals surface area contributed by atoms with E-state index in [1.807, 2.05) is 0 Å². The highest BCUT2D eigenvalue weighted by atomic mass is 32.1. The van der Waals surface area contributed by atoms with Crippen molar-refractivity contribution in [3.05, 3.63) is 17.0 Å². The highest BCUT2D eigenvalue weighted by Crippen LogP contribution is 2.29. The van der Waals surface area contributed by atoms with Crippen LogP contribution in [0.25, 0.3) is 0 Å². The third kappa shape index (κ3) is 2.32. The van der Waals surface area contributed by atoms with E-state index in [9.17, 15) is 9.59 Å². The first kappa shape index (κ1) is 12.1. The predicted octanol–water partition coefficient (Wildman–Crippen LogP) is 1.95. The van der Waals surface area contributed by atoms with E-state index in [-0.39, 0.29) is 11.5 Å². The molecular weight excluding hydrogens is 242 g/mol. The largest absolute Gasteiger partial charge is 0.478 e. The standard InChI is InChI=1S/C11H13NO4S/c1-11(4-2-5-16-11)10(15)12-8-7(9(13)14)3-6-17-8/h3,6H,2,4-5H2,1H3,(H,12,15)(H,13,14). The monoisotopic (exact) mass is 255 g/mol. The maximum Gasteiger partial charge on any atom is 0.338 e. The SMILES string of the molecule is CC1(C(=O)Nc2sccc2C(=O)O)CCCO1. The van der Waals surface area contributed by atoms with Crippen molar-refractivity contribution in [1.82, 2.24) is 0 Å². The van der Waals surface area contributed by atoms with Gasteiger partial charge in [0.1, 0.15) is 10.6 Å². The Hall–Kier alpha value is -1.40. The summed E-state index contributed by atoms with van der Waals surface area (Å²) in [7, 11) is 0. The minimum Gasteiger partial charge on any atom is -0.478 e. The average molecular weight is 255 g/mol. The molecule has 0 spiro atoms. The molecule has 1 saturated heterocycles. The van der Waals surface area contributed by atoms with Crippen LogP contribution in [0.2, 0.25) is 0 Å². The molecule has 1 aliphatic rings. The van der Waals surface area contributed by atoms with E-state index in [1.165, 1.54) is 17.4 Å². The van der Waals surface area contributed by atoms with Gasteiger partial charge in [-0.25, -0.2) is 4.79 Å². The Labute approximate surface area is 102 Å². The molecule has 0 bridgehead atoms.